The molecule has 0 radical (unpaired) electrons. The molecule has 1 saturated heterocycles. The second-order valence-corrected chi connectivity index (χ2v) is 6.10. The molecule has 1 heterocycles. The summed E-state index contributed by atoms with van der Waals surface area (Å²) in [5.74, 6) is 0.740. The summed E-state index contributed by atoms with van der Waals surface area (Å²) in [7, 11) is 3.02. The van der Waals surface area contributed by atoms with E-state index in [2.05, 4.69) is 15.9 Å². The first kappa shape index (κ1) is 15.8. The summed E-state index contributed by atoms with van der Waals surface area (Å²) in [5, 5.41) is 0. The van der Waals surface area contributed by atoms with Crippen LogP contribution in [0.25, 0.3) is 0 Å². The molecule has 0 unspecified atom stereocenters. The normalized spacial score (nSPS) is 19.3. The van der Waals surface area contributed by atoms with Gasteiger partial charge in [0, 0.05) is 22.3 Å². The second-order valence-electron chi connectivity index (χ2n) is 5.19. The van der Waals surface area contributed by atoms with E-state index in [1.807, 2.05) is 24.3 Å². The van der Waals surface area contributed by atoms with Crippen LogP contribution in [0.4, 0.5) is 5.69 Å². The maximum atomic E-state index is 12.7. The largest absolute Gasteiger partial charge is 0.497 e. The molecule has 0 bridgehead atoms. The summed E-state index contributed by atoms with van der Waals surface area (Å²) >= 11 is 3.39. The van der Waals surface area contributed by atoms with Gasteiger partial charge >= 0.3 is 0 Å². The lowest BCUT2D eigenvalue weighted by atomic mass is 10.0. The highest BCUT2D eigenvalue weighted by atomic mass is 79.9. The third kappa shape index (κ3) is 3.04. The van der Waals surface area contributed by atoms with E-state index in [1.54, 1.807) is 12.1 Å². The van der Waals surface area contributed by atoms with Gasteiger partial charge in [-0.2, -0.15) is 0 Å². The van der Waals surface area contributed by atoms with Crippen LogP contribution in [-0.2, 0) is 4.74 Å². The number of methoxy groups -OCH3 is 2. The number of ketones is 1. The molecular weight excluding hydrogens is 362 g/mol. The number of rotatable bonds is 5. The van der Waals surface area contributed by atoms with Crippen LogP contribution in [0.2, 0.25) is 0 Å². The number of ether oxygens (including phenoxy) is 3. The van der Waals surface area contributed by atoms with Gasteiger partial charge in [0.25, 0.3) is 0 Å². The van der Waals surface area contributed by atoms with Gasteiger partial charge in [0.05, 0.1) is 19.8 Å². The van der Waals surface area contributed by atoms with E-state index in [0.29, 0.717) is 22.7 Å². The minimum Gasteiger partial charge on any atom is -0.497 e. The molecule has 23 heavy (non-hydrogen) atoms. The molecule has 0 amide bonds. The van der Waals surface area contributed by atoms with Crippen molar-refractivity contribution in [1.82, 2.24) is 0 Å². The Morgan fingerprint density at radius 2 is 1.87 bits per heavy atom. The van der Waals surface area contributed by atoms with Gasteiger partial charge in [0.2, 0.25) is 0 Å². The number of halogens is 1. The molecule has 2 aromatic rings. The molecule has 0 aliphatic carbocycles. The lowest BCUT2D eigenvalue weighted by Gasteiger charge is -2.11. The fourth-order valence-electron chi connectivity index (χ4n) is 2.51. The Morgan fingerprint density at radius 3 is 2.48 bits per heavy atom. The Balaban J connectivity index is 1.86. The quantitative estimate of drug-likeness (QED) is 0.491. The maximum absolute atomic E-state index is 12.7. The Labute approximate surface area is 142 Å². The number of benzene rings is 2. The van der Waals surface area contributed by atoms with Crippen molar-refractivity contribution in [2.45, 2.75) is 12.2 Å². The Bertz CT molecular complexity index is 745. The fourth-order valence-corrected chi connectivity index (χ4v) is 2.78. The molecule has 1 aliphatic heterocycles. The minimum absolute atomic E-state index is 0.185. The first-order valence-corrected chi connectivity index (χ1v) is 7.81. The third-order valence-electron chi connectivity index (χ3n) is 3.76. The zero-order chi connectivity index (χ0) is 16.6. The van der Waals surface area contributed by atoms with Gasteiger partial charge in [-0.25, -0.2) is 0 Å². The average molecular weight is 378 g/mol. The lowest BCUT2D eigenvalue weighted by Crippen LogP contribution is -2.13. The minimum atomic E-state index is -0.541. The molecule has 2 atom stereocenters. The first-order chi connectivity index (χ1) is 11.0. The van der Waals surface area contributed by atoms with Crippen molar-refractivity contribution < 1.29 is 19.0 Å². The number of nitrogens with two attached hydrogens (primary N) is 1. The van der Waals surface area contributed by atoms with Crippen molar-refractivity contribution in [3.63, 3.8) is 0 Å². The third-order valence-corrected chi connectivity index (χ3v) is 4.29. The van der Waals surface area contributed by atoms with E-state index in [1.165, 1.54) is 14.2 Å². The van der Waals surface area contributed by atoms with Gasteiger partial charge in [-0.05, 0) is 17.7 Å². The Kier molecular flexibility index (Phi) is 4.28. The molecule has 1 aliphatic rings. The van der Waals surface area contributed by atoms with E-state index >= 15 is 0 Å². The summed E-state index contributed by atoms with van der Waals surface area (Å²) in [4.78, 5) is 12.7. The number of carbonyl (C=O) groups excluding carboxylic acids is 1. The monoisotopic (exact) mass is 377 g/mol. The molecule has 6 heteroatoms. The van der Waals surface area contributed by atoms with Crippen molar-refractivity contribution >= 4 is 27.4 Å². The van der Waals surface area contributed by atoms with Gasteiger partial charge < -0.3 is 19.9 Å². The Hall–Kier alpha value is -2.05. The van der Waals surface area contributed by atoms with Gasteiger partial charge in [-0.3, -0.25) is 4.79 Å². The van der Waals surface area contributed by atoms with Gasteiger partial charge in [0.1, 0.15) is 17.6 Å². The van der Waals surface area contributed by atoms with Crippen LogP contribution in [0.5, 0.6) is 11.5 Å². The fraction of sp³-hybridized carbons (Fsp3) is 0.235. The van der Waals surface area contributed by atoms with E-state index in [9.17, 15) is 4.79 Å². The molecule has 120 valence electrons. The summed E-state index contributed by atoms with van der Waals surface area (Å²) in [6, 6.07) is 10.9. The topological polar surface area (TPSA) is 74.1 Å². The molecule has 0 spiro atoms. The zero-order valence-corrected chi connectivity index (χ0v) is 14.3. The number of carbonyl (C=O) groups is 1. The molecule has 0 saturated carbocycles. The predicted molar refractivity (Wildman–Crippen MR) is 90.0 cm³/mol. The average Bonchev–Trinajstić information content (AvgIpc) is 3.34. The van der Waals surface area contributed by atoms with Crippen LogP contribution in [0.3, 0.4) is 0 Å². The van der Waals surface area contributed by atoms with Crippen molar-refractivity contribution in [3.8, 4) is 11.5 Å². The molecule has 5 nitrogen and oxygen atoms in total. The molecule has 1 fully saturated rings. The van der Waals surface area contributed by atoms with Crippen molar-refractivity contribution in [1.29, 1.82) is 0 Å². The summed E-state index contributed by atoms with van der Waals surface area (Å²) in [5.41, 5.74) is 7.60. The number of hydrogen-bond donors (Lipinski definition) is 1. The van der Waals surface area contributed by atoms with Crippen LogP contribution in [0, 0.1) is 0 Å². The van der Waals surface area contributed by atoms with Gasteiger partial charge in [0.15, 0.2) is 11.9 Å². The van der Waals surface area contributed by atoms with Crippen molar-refractivity contribution in [3.05, 3.63) is 52.0 Å². The standard InChI is InChI=1S/C17H16BrNO4/c1-21-11-7-12(19)14(13(8-11)22-2)15(20)17-16(23-17)9-3-5-10(18)6-4-9/h3-8,16-17H,19H2,1-2H3/t16-,17-/m1/s1. The highest BCUT2D eigenvalue weighted by Crippen LogP contribution is 2.43. The van der Waals surface area contributed by atoms with E-state index in [4.69, 9.17) is 19.9 Å². The maximum Gasteiger partial charge on any atom is 0.200 e. The van der Waals surface area contributed by atoms with Gasteiger partial charge in [-0.1, -0.05) is 28.1 Å². The van der Waals surface area contributed by atoms with E-state index in [0.717, 1.165) is 10.0 Å². The van der Waals surface area contributed by atoms with Crippen molar-refractivity contribution in [2.75, 3.05) is 20.0 Å². The SMILES string of the molecule is COc1cc(N)c(C(=O)[C@H]2O[C@@H]2c2ccc(Br)cc2)c(OC)c1. The zero-order valence-electron chi connectivity index (χ0n) is 12.7. The molecule has 0 aromatic heterocycles. The summed E-state index contributed by atoms with van der Waals surface area (Å²) < 4.78 is 17.0. The van der Waals surface area contributed by atoms with Gasteiger partial charge in [-0.15, -0.1) is 0 Å². The molecule has 2 N–H and O–H groups in total. The van der Waals surface area contributed by atoms with Crippen LogP contribution in [-0.4, -0.2) is 26.1 Å². The number of epoxide rings is 1. The second kappa shape index (κ2) is 6.22. The van der Waals surface area contributed by atoms with Crippen LogP contribution < -0.4 is 15.2 Å². The van der Waals surface area contributed by atoms with Crippen LogP contribution in [0.1, 0.15) is 22.0 Å². The number of anilines is 1. The predicted octanol–water partition coefficient (Wildman–Crippen LogP) is 3.37. The molecular formula is C17H16BrNO4. The van der Waals surface area contributed by atoms with Crippen LogP contribution in [0.15, 0.2) is 40.9 Å². The number of nitrogen functional groups attached to an aromatic ring is 1. The van der Waals surface area contributed by atoms with E-state index in [-0.39, 0.29) is 11.9 Å². The van der Waals surface area contributed by atoms with E-state index < -0.39 is 6.10 Å². The smallest absolute Gasteiger partial charge is 0.200 e. The molecule has 3 rings (SSSR count). The summed E-state index contributed by atoms with van der Waals surface area (Å²) in [6.07, 6.45) is -0.789. The summed E-state index contributed by atoms with van der Waals surface area (Å²) in [6.45, 7) is 0. The first-order valence-electron chi connectivity index (χ1n) is 7.01. The number of hydrogen-bond acceptors (Lipinski definition) is 5. The lowest BCUT2D eigenvalue weighted by molar-refractivity contribution is 0.0951. The number of Topliss-reactive ketones (excluding diaryl/α,β-unsaturated/α-hetero) is 1. The highest BCUT2D eigenvalue weighted by Gasteiger charge is 2.47. The van der Waals surface area contributed by atoms with Crippen molar-refractivity contribution in [2.24, 2.45) is 0 Å². The molecule has 2 aromatic carbocycles. The Morgan fingerprint density at radius 1 is 1.17 bits per heavy atom. The highest BCUT2D eigenvalue weighted by molar-refractivity contribution is 9.10. The van der Waals surface area contributed by atoms with Crippen LogP contribution >= 0.6 is 15.9 Å².